The Hall–Kier alpha value is -2.71. The minimum atomic E-state index is -3.56. The van der Waals surface area contributed by atoms with Gasteiger partial charge in [0.1, 0.15) is 6.54 Å². The van der Waals surface area contributed by atoms with Crippen LogP contribution in [0.25, 0.3) is 0 Å². The Morgan fingerprint density at radius 1 is 0.969 bits per heavy atom. The Kier molecular flexibility index (Phi) is 6.62. The van der Waals surface area contributed by atoms with Gasteiger partial charge in [-0.1, -0.05) is 24.1 Å². The zero-order chi connectivity index (χ0) is 22.7. The van der Waals surface area contributed by atoms with Crippen LogP contribution in [0.3, 0.4) is 0 Å². The molecule has 1 fully saturated rings. The third-order valence-electron chi connectivity index (χ3n) is 6.07. The number of carbonyl (C=O) groups excluding carboxylic acids is 2. The molecule has 170 valence electrons. The Labute approximate surface area is 189 Å². The number of benzene rings is 2. The van der Waals surface area contributed by atoms with Crippen molar-refractivity contribution in [3.8, 4) is 0 Å². The molecule has 0 spiro atoms. The summed E-state index contributed by atoms with van der Waals surface area (Å²) in [5.41, 5.74) is 3.17. The summed E-state index contributed by atoms with van der Waals surface area (Å²) in [6.07, 6.45) is 4.35. The zero-order valence-corrected chi connectivity index (χ0v) is 19.2. The molecule has 0 bridgehead atoms. The smallest absolute Gasteiger partial charge is 0.244 e. The second-order valence-electron chi connectivity index (χ2n) is 8.50. The Bertz CT molecular complexity index is 1110. The zero-order valence-electron chi connectivity index (χ0n) is 18.3. The third-order valence-corrected chi connectivity index (χ3v) is 7.96. The van der Waals surface area contributed by atoms with Crippen molar-refractivity contribution >= 4 is 33.2 Å². The van der Waals surface area contributed by atoms with E-state index in [0.29, 0.717) is 43.7 Å². The first kappa shape index (κ1) is 22.5. The topological polar surface area (TPSA) is 86.8 Å². The van der Waals surface area contributed by atoms with E-state index in [1.165, 1.54) is 4.90 Å². The average Bonchev–Trinajstić information content (AvgIpc) is 2.94. The van der Waals surface area contributed by atoms with E-state index in [1.54, 1.807) is 22.5 Å². The summed E-state index contributed by atoms with van der Waals surface area (Å²) >= 11 is 0. The van der Waals surface area contributed by atoms with Crippen LogP contribution >= 0.6 is 0 Å². The molecule has 7 nitrogen and oxygen atoms in total. The van der Waals surface area contributed by atoms with E-state index >= 15 is 0 Å². The second-order valence-corrected chi connectivity index (χ2v) is 10.4. The number of rotatable bonds is 5. The molecular formula is C24H29N3O4S. The number of aryl methyl sites for hydroxylation is 2. The van der Waals surface area contributed by atoms with Gasteiger partial charge in [0, 0.05) is 30.9 Å². The molecule has 2 aliphatic heterocycles. The van der Waals surface area contributed by atoms with Crippen molar-refractivity contribution in [1.82, 2.24) is 4.31 Å². The lowest BCUT2D eigenvalue weighted by Gasteiger charge is -2.27. The Morgan fingerprint density at radius 3 is 2.41 bits per heavy atom. The maximum atomic E-state index is 13.1. The molecule has 0 unspecified atom stereocenters. The van der Waals surface area contributed by atoms with E-state index in [1.807, 2.05) is 31.2 Å². The number of carbonyl (C=O) groups is 2. The lowest BCUT2D eigenvalue weighted by Crippen LogP contribution is -2.38. The Morgan fingerprint density at radius 2 is 1.69 bits per heavy atom. The molecule has 1 N–H and O–H groups in total. The third kappa shape index (κ3) is 4.86. The summed E-state index contributed by atoms with van der Waals surface area (Å²) in [4.78, 5) is 27.2. The SMILES string of the molecule is Cc1ccc(NC(=O)CN2C(=O)CCCc3cc(S(=O)(=O)N4CCCCC4)ccc32)cc1. The van der Waals surface area contributed by atoms with Crippen LogP contribution in [0.2, 0.25) is 0 Å². The van der Waals surface area contributed by atoms with Gasteiger partial charge in [-0.2, -0.15) is 4.31 Å². The van der Waals surface area contributed by atoms with Crippen molar-refractivity contribution in [2.24, 2.45) is 0 Å². The van der Waals surface area contributed by atoms with Crippen LogP contribution in [0.15, 0.2) is 47.4 Å². The number of anilines is 2. The van der Waals surface area contributed by atoms with Crippen LogP contribution in [0.4, 0.5) is 11.4 Å². The van der Waals surface area contributed by atoms with E-state index in [9.17, 15) is 18.0 Å². The molecule has 0 aliphatic carbocycles. The highest BCUT2D eigenvalue weighted by molar-refractivity contribution is 7.89. The molecule has 2 aliphatic rings. The molecule has 4 rings (SSSR count). The molecule has 1 saturated heterocycles. The van der Waals surface area contributed by atoms with Gasteiger partial charge in [0.05, 0.1) is 4.90 Å². The molecule has 32 heavy (non-hydrogen) atoms. The quantitative estimate of drug-likeness (QED) is 0.748. The van der Waals surface area contributed by atoms with Gasteiger partial charge in [0.15, 0.2) is 0 Å². The summed E-state index contributed by atoms with van der Waals surface area (Å²) < 4.78 is 27.7. The number of nitrogens with zero attached hydrogens (tertiary/aromatic N) is 2. The van der Waals surface area contributed by atoms with Gasteiger partial charge in [-0.15, -0.1) is 0 Å². The fourth-order valence-corrected chi connectivity index (χ4v) is 5.86. The van der Waals surface area contributed by atoms with Gasteiger partial charge in [-0.3, -0.25) is 9.59 Å². The predicted octanol–water partition coefficient (Wildman–Crippen LogP) is 3.48. The molecule has 2 aromatic rings. The Balaban J connectivity index is 1.57. The van der Waals surface area contributed by atoms with Crippen molar-refractivity contribution in [3.63, 3.8) is 0 Å². The molecular weight excluding hydrogens is 426 g/mol. The number of amides is 2. The van der Waals surface area contributed by atoms with Crippen molar-refractivity contribution in [2.45, 2.75) is 50.3 Å². The number of hydrogen-bond donors (Lipinski definition) is 1. The first-order valence-corrected chi connectivity index (χ1v) is 12.6. The molecule has 2 heterocycles. The summed E-state index contributed by atoms with van der Waals surface area (Å²) in [6.45, 7) is 2.95. The van der Waals surface area contributed by atoms with Crippen LogP contribution in [0.1, 0.15) is 43.2 Å². The minimum Gasteiger partial charge on any atom is -0.325 e. The summed E-state index contributed by atoms with van der Waals surface area (Å²) in [5, 5.41) is 2.83. The van der Waals surface area contributed by atoms with Gasteiger partial charge < -0.3 is 10.2 Å². The maximum absolute atomic E-state index is 13.1. The highest BCUT2D eigenvalue weighted by Crippen LogP contribution is 2.31. The van der Waals surface area contributed by atoms with E-state index in [0.717, 1.165) is 30.4 Å². The lowest BCUT2D eigenvalue weighted by atomic mass is 10.1. The molecule has 2 amide bonds. The van der Waals surface area contributed by atoms with Crippen LogP contribution in [-0.4, -0.2) is 44.2 Å². The number of piperidine rings is 1. The van der Waals surface area contributed by atoms with Gasteiger partial charge in [0.2, 0.25) is 21.8 Å². The molecule has 0 radical (unpaired) electrons. The largest absolute Gasteiger partial charge is 0.325 e. The van der Waals surface area contributed by atoms with Crippen LogP contribution < -0.4 is 10.2 Å². The number of nitrogens with one attached hydrogen (secondary N) is 1. The molecule has 2 aromatic carbocycles. The monoisotopic (exact) mass is 455 g/mol. The first-order chi connectivity index (χ1) is 15.3. The van der Waals surface area contributed by atoms with E-state index < -0.39 is 10.0 Å². The number of sulfonamides is 1. The summed E-state index contributed by atoms with van der Waals surface area (Å²) in [7, 11) is -3.56. The van der Waals surface area contributed by atoms with Crippen LogP contribution in [0, 0.1) is 6.92 Å². The van der Waals surface area contributed by atoms with E-state index in [2.05, 4.69) is 5.32 Å². The van der Waals surface area contributed by atoms with Gasteiger partial charge in [-0.05, 0) is 68.5 Å². The van der Waals surface area contributed by atoms with E-state index in [4.69, 9.17) is 0 Å². The van der Waals surface area contributed by atoms with Crippen molar-refractivity contribution in [3.05, 3.63) is 53.6 Å². The first-order valence-electron chi connectivity index (χ1n) is 11.1. The molecule has 0 atom stereocenters. The molecule has 0 aromatic heterocycles. The summed E-state index contributed by atoms with van der Waals surface area (Å²) in [5.74, 6) is -0.422. The van der Waals surface area contributed by atoms with Crippen molar-refractivity contribution in [1.29, 1.82) is 0 Å². The van der Waals surface area contributed by atoms with Crippen LogP contribution in [0.5, 0.6) is 0 Å². The minimum absolute atomic E-state index is 0.113. The summed E-state index contributed by atoms with van der Waals surface area (Å²) in [6, 6.07) is 12.4. The standard InChI is InChI=1S/C24H29N3O4S/c1-18-8-10-20(11-9-18)25-23(28)17-27-22-13-12-21(16-19(22)6-5-7-24(27)29)32(30,31)26-14-3-2-4-15-26/h8-13,16H,2-7,14-15,17H2,1H3,(H,25,28). The van der Waals surface area contributed by atoms with E-state index in [-0.39, 0.29) is 23.3 Å². The van der Waals surface area contributed by atoms with Crippen molar-refractivity contribution in [2.75, 3.05) is 29.9 Å². The highest BCUT2D eigenvalue weighted by atomic mass is 32.2. The van der Waals surface area contributed by atoms with Gasteiger partial charge in [0.25, 0.3) is 0 Å². The van der Waals surface area contributed by atoms with Crippen LogP contribution in [-0.2, 0) is 26.0 Å². The molecule has 0 saturated carbocycles. The fraction of sp³-hybridized carbons (Fsp3) is 0.417. The van der Waals surface area contributed by atoms with Gasteiger partial charge >= 0.3 is 0 Å². The lowest BCUT2D eigenvalue weighted by molar-refractivity contribution is -0.121. The van der Waals surface area contributed by atoms with Crippen molar-refractivity contribution < 1.29 is 18.0 Å². The number of hydrogen-bond acceptors (Lipinski definition) is 4. The fourth-order valence-electron chi connectivity index (χ4n) is 4.29. The predicted molar refractivity (Wildman–Crippen MR) is 124 cm³/mol. The normalized spacial score (nSPS) is 17.5. The second kappa shape index (κ2) is 9.42. The molecule has 8 heteroatoms. The average molecular weight is 456 g/mol. The number of fused-ring (bicyclic) bond motifs is 1. The maximum Gasteiger partial charge on any atom is 0.244 e. The van der Waals surface area contributed by atoms with Gasteiger partial charge in [-0.25, -0.2) is 8.42 Å². The highest BCUT2D eigenvalue weighted by Gasteiger charge is 2.29.